The molecular formula is C12H22. The molecule has 0 N–H and O–H groups in total. The minimum atomic E-state index is 1.17. The average Bonchev–Trinajstić information content (AvgIpc) is 2.04. The van der Waals surface area contributed by atoms with Crippen LogP contribution in [0.15, 0.2) is 23.8 Å². The van der Waals surface area contributed by atoms with Gasteiger partial charge in [-0.25, -0.2) is 0 Å². The van der Waals surface area contributed by atoms with Crippen LogP contribution in [0, 0.1) is 0 Å². The molecule has 0 heterocycles. The summed E-state index contributed by atoms with van der Waals surface area (Å²) in [5.74, 6) is 0. The topological polar surface area (TPSA) is 0 Å². The molecule has 0 nitrogen and oxygen atoms in total. The van der Waals surface area contributed by atoms with E-state index in [0.717, 1.165) is 0 Å². The Kier molecular flexibility index (Phi) is 6.84. The third kappa shape index (κ3) is 5.17. The molecule has 0 aliphatic carbocycles. The molecule has 0 saturated heterocycles. The third-order valence-corrected chi connectivity index (χ3v) is 2.27. The number of unbranched alkanes of at least 4 members (excludes halogenated alkanes) is 2. The first-order valence-corrected chi connectivity index (χ1v) is 4.98. The van der Waals surface area contributed by atoms with Crippen LogP contribution in [0.3, 0.4) is 0 Å². The Balaban J connectivity index is 3.60. The van der Waals surface area contributed by atoms with Gasteiger partial charge in [0.25, 0.3) is 0 Å². The van der Waals surface area contributed by atoms with Crippen LogP contribution in [-0.4, -0.2) is 0 Å². The molecule has 0 atom stereocenters. The van der Waals surface area contributed by atoms with Crippen LogP contribution < -0.4 is 0 Å². The van der Waals surface area contributed by atoms with E-state index in [1.54, 1.807) is 5.57 Å². The van der Waals surface area contributed by atoms with Gasteiger partial charge in [-0.3, -0.25) is 0 Å². The van der Waals surface area contributed by atoms with Gasteiger partial charge in [-0.05, 0) is 46.0 Å². The monoisotopic (exact) mass is 166 g/mol. The minimum absolute atomic E-state index is 1.17. The summed E-state index contributed by atoms with van der Waals surface area (Å²) >= 11 is 0. The number of rotatable bonds is 6. The molecule has 0 aromatic carbocycles. The third-order valence-electron chi connectivity index (χ3n) is 2.27. The first-order valence-electron chi connectivity index (χ1n) is 4.98. The average molecular weight is 166 g/mol. The quantitative estimate of drug-likeness (QED) is 0.403. The van der Waals surface area contributed by atoms with E-state index in [1.165, 1.54) is 37.7 Å². The van der Waals surface area contributed by atoms with Crippen LogP contribution in [0.1, 0.15) is 52.9 Å². The molecule has 12 heavy (non-hydrogen) atoms. The molecule has 0 aromatic rings. The van der Waals surface area contributed by atoms with Gasteiger partial charge in [0.1, 0.15) is 0 Å². The predicted octanol–water partition coefficient (Wildman–Crippen LogP) is 4.48. The van der Waals surface area contributed by atoms with Crippen molar-refractivity contribution in [2.75, 3.05) is 0 Å². The van der Waals surface area contributed by atoms with Crippen molar-refractivity contribution < 1.29 is 0 Å². The Morgan fingerprint density at radius 2 is 1.92 bits per heavy atom. The lowest BCUT2D eigenvalue weighted by atomic mass is 10.0. The van der Waals surface area contributed by atoms with E-state index in [2.05, 4.69) is 27.4 Å². The van der Waals surface area contributed by atoms with Crippen LogP contribution in [0.4, 0.5) is 0 Å². The lowest BCUT2D eigenvalue weighted by molar-refractivity contribution is 0.722. The van der Waals surface area contributed by atoms with Gasteiger partial charge < -0.3 is 0 Å². The Morgan fingerprint density at radius 3 is 2.33 bits per heavy atom. The summed E-state index contributed by atoms with van der Waals surface area (Å²) in [4.78, 5) is 0. The Labute approximate surface area is 77.4 Å². The molecule has 0 unspecified atom stereocenters. The second-order valence-corrected chi connectivity index (χ2v) is 3.49. The highest BCUT2D eigenvalue weighted by molar-refractivity contribution is 5.08. The molecule has 0 radical (unpaired) electrons. The number of allylic oxidation sites excluding steroid dienone is 3. The largest absolute Gasteiger partial charge is 0.103 e. The predicted molar refractivity (Wildman–Crippen MR) is 57.3 cm³/mol. The van der Waals surface area contributed by atoms with E-state index in [0.29, 0.717) is 0 Å². The fourth-order valence-electron chi connectivity index (χ4n) is 1.41. The zero-order valence-corrected chi connectivity index (χ0v) is 8.82. The lowest BCUT2D eigenvalue weighted by Gasteiger charge is -2.06. The van der Waals surface area contributed by atoms with E-state index >= 15 is 0 Å². The molecular weight excluding hydrogens is 144 g/mol. The van der Waals surface area contributed by atoms with E-state index in [4.69, 9.17) is 0 Å². The van der Waals surface area contributed by atoms with Gasteiger partial charge in [0.15, 0.2) is 0 Å². The summed E-state index contributed by atoms with van der Waals surface area (Å²) in [5, 5.41) is 0. The molecule has 0 spiro atoms. The maximum absolute atomic E-state index is 3.72. The van der Waals surface area contributed by atoms with Crippen LogP contribution >= 0.6 is 0 Å². The summed E-state index contributed by atoms with van der Waals surface area (Å²) in [5.41, 5.74) is 3.15. The zero-order chi connectivity index (χ0) is 9.40. The van der Waals surface area contributed by atoms with E-state index in [-0.39, 0.29) is 0 Å². The van der Waals surface area contributed by atoms with Crippen molar-refractivity contribution >= 4 is 0 Å². The van der Waals surface area contributed by atoms with Crippen molar-refractivity contribution in [3.8, 4) is 0 Å². The highest BCUT2D eigenvalue weighted by Gasteiger charge is 1.95. The smallest absolute Gasteiger partial charge is 0.0318 e. The SMILES string of the molecule is C=CCCCCC(CC)=C(C)C. The maximum atomic E-state index is 3.72. The van der Waals surface area contributed by atoms with Crippen LogP contribution in [0.2, 0.25) is 0 Å². The highest BCUT2D eigenvalue weighted by Crippen LogP contribution is 2.16. The van der Waals surface area contributed by atoms with Crippen LogP contribution in [0.5, 0.6) is 0 Å². The molecule has 0 aliphatic heterocycles. The van der Waals surface area contributed by atoms with Gasteiger partial charge in [0.05, 0.1) is 0 Å². The first-order chi connectivity index (χ1) is 5.72. The van der Waals surface area contributed by atoms with Crippen LogP contribution in [0.25, 0.3) is 0 Å². The molecule has 0 amide bonds. The minimum Gasteiger partial charge on any atom is -0.103 e. The summed E-state index contributed by atoms with van der Waals surface area (Å²) in [7, 11) is 0. The van der Waals surface area contributed by atoms with Gasteiger partial charge >= 0.3 is 0 Å². The molecule has 0 saturated carbocycles. The van der Waals surface area contributed by atoms with Crippen LogP contribution in [-0.2, 0) is 0 Å². The zero-order valence-electron chi connectivity index (χ0n) is 8.82. The Hall–Kier alpha value is -0.520. The molecule has 0 aliphatic rings. The normalized spacial score (nSPS) is 9.58. The number of hydrogen-bond donors (Lipinski definition) is 0. The summed E-state index contributed by atoms with van der Waals surface area (Å²) in [6.07, 6.45) is 8.29. The maximum Gasteiger partial charge on any atom is -0.0318 e. The molecule has 0 rings (SSSR count). The van der Waals surface area contributed by atoms with Crippen molar-refractivity contribution in [2.45, 2.75) is 52.9 Å². The molecule has 0 fully saturated rings. The van der Waals surface area contributed by atoms with Crippen molar-refractivity contribution in [1.29, 1.82) is 0 Å². The van der Waals surface area contributed by atoms with Crippen molar-refractivity contribution in [2.24, 2.45) is 0 Å². The second-order valence-electron chi connectivity index (χ2n) is 3.49. The van der Waals surface area contributed by atoms with Crippen molar-refractivity contribution in [3.63, 3.8) is 0 Å². The fraction of sp³-hybridized carbons (Fsp3) is 0.667. The van der Waals surface area contributed by atoms with Gasteiger partial charge in [-0.15, -0.1) is 6.58 Å². The summed E-state index contributed by atoms with van der Waals surface area (Å²) in [6.45, 7) is 10.4. The van der Waals surface area contributed by atoms with Gasteiger partial charge in [0.2, 0.25) is 0 Å². The van der Waals surface area contributed by atoms with E-state index < -0.39 is 0 Å². The van der Waals surface area contributed by atoms with Gasteiger partial charge in [-0.2, -0.15) is 0 Å². The van der Waals surface area contributed by atoms with Crippen molar-refractivity contribution in [3.05, 3.63) is 23.8 Å². The summed E-state index contributed by atoms with van der Waals surface area (Å²) in [6, 6.07) is 0. The lowest BCUT2D eigenvalue weighted by Crippen LogP contribution is -1.85. The van der Waals surface area contributed by atoms with E-state index in [9.17, 15) is 0 Å². The summed E-state index contributed by atoms with van der Waals surface area (Å²) < 4.78 is 0. The van der Waals surface area contributed by atoms with E-state index in [1.807, 2.05) is 6.08 Å². The fourth-order valence-corrected chi connectivity index (χ4v) is 1.41. The number of hydrogen-bond acceptors (Lipinski definition) is 0. The van der Waals surface area contributed by atoms with Gasteiger partial charge in [0, 0.05) is 0 Å². The first kappa shape index (κ1) is 11.5. The second kappa shape index (κ2) is 7.15. The van der Waals surface area contributed by atoms with Crippen molar-refractivity contribution in [1.82, 2.24) is 0 Å². The Morgan fingerprint density at radius 1 is 1.25 bits per heavy atom. The molecule has 0 bridgehead atoms. The molecule has 70 valence electrons. The highest BCUT2D eigenvalue weighted by atomic mass is 14.0. The molecule has 0 aromatic heterocycles. The standard InChI is InChI=1S/C12H22/c1-5-7-8-9-10-12(6-2)11(3)4/h5H,1,6-10H2,2-4H3. The Bertz CT molecular complexity index is 147. The van der Waals surface area contributed by atoms with Gasteiger partial charge in [-0.1, -0.05) is 24.1 Å². The molecule has 0 heteroatoms.